The van der Waals surface area contributed by atoms with Gasteiger partial charge in [-0.05, 0) is 97.7 Å². The number of fused-ring (bicyclic) bond motifs is 4. The Kier molecular flexibility index (Phi) is 12.1. The third-order valence-corrected chi connectivity index (χ3v) is 14.6. The van der Waals surface area contributed by atoms with E-state index >= 15 is 0 Å². The quantitative estimate of drug-likeness (QED) is 0.127. The number of carbonyl (C=O) groups is 1. The molecule has 6 aromatic rings. The van der Waals surface area contributed by atoms with Gasteiger partial charge in [-0.15, -0.1) is 11.3 Å². The van der Waals surface area contributed by atoms with Gasteiger partial charge in [-0.2, -0.15) is 11.8 Å². The van der Waals surface area contributed by atoms with Crippen molar-refractivity contribution in [1.82, 2.24) is 14.0 Å². The van der Waals surface area contributed by atoms with Gasteiger partial charge in [0.2, 0.25) is 0 Å². The molecule has 0 unspecified atom stereocenters. The highest BCUT2D eigenvalue weighted by molar-refractivity contribution is 7.99. The lowest BCUT2D eigenvalue weighted by Crippen LogP contribution is -2.46. The third kappa shape index (κ3) is 7.84. The van der Waals surface area contributed by atoms with Crippen molar-refractivity contribution in [3.05, 3.63) is 139 Å². The van der Waals surface area contributed by atoms with Crippen LogP contribution in [-0.4, -0.2) is 84.2 Å². The number of aliphatic imine (C=N–C) groups is 1. The van der Waals surface area contributed by atoms with E-state index in [1.807, 2.05) is 49.0 Å². The minimum atomic E-state index is -0.939. The first-order valence-electron chi connectivity index (χ1n) is 21.1. The van der Waals surface area contributed by atoms with E-state index in [4.69, 9.17) is 23.9 Å². The highest BCUT2D eigenvalue weighted by atomic mass is 32.2. The molecule has 1 amide bonds. The molecule has 0 N–H and O–H groups in total. The topological polar surface area (TPSA) is 114 Å². The molecule has 2 saturated heterocycles. The monoisotopic (exact) mass is 910 g/mol. The average Bonchev–Trinajstić information content (AvgIpc) is 3.75. The molecule has 2 fully saturated rings. The molecule has 0 radical (unpaired) electrons. The van der Waals surface area contributed by atoms with Gasteiger partial charge in [0.1, 0.15) is 16.3 Å². The Bertz CT molecular complexity index is 2920. The predicted octanol–water partition coefficient (Wildman–Crippen LogP) is 8.70. The minimum Gasteiger partial charge on any atom is -0.496 e. The Balaban J connectivity index is 0.995. The summed E-state index contributed by atoms with van der Waals surface area (Å²) >= 11 is 3.04. The van der Waals surface area contributed by atoms with Crippen molar-refractivity contribution in [3.63, 3.8) is 0 Å². The Hall–Kier alpha value is -6.00. The van der Waals surface area contributed by atoms with E-state index in [0.29, 0.717) is 47.0 Å². The molecule has 11 nitrogen and oxygen atoms in total. The van der Waals surface area contributed by atoms with Crippen molar-refractivity contribution in [2.45, 2.75) is 50.7 Å². The molecule has 2 atom stereocenters. The van der Waals surface area contributed by atoms with Gasteiger partial charge in [-0.1, -0.05) is 12.1 Å². The summed E-state index contributed by atoms with van der Waals surface area (Å²) in [5.74, 6) is 0.747. The number of ether oxygens (including phenoxy) is 4. The number of thiophene rings is 1. The van der Waals surface area contributed by atoms with E-state index < -0.39 is 40.5 Å². The maximum Gasteiger partial charge on any atom is 0.332 e. The SMILES string of the molecule is CCOc1cc2c(cc1OC)C(c1ccc(C(=O)N3CCC(n4c(=O)c5sc(-c6ccc(F)cc6OC)cc5n(Cc5cc(F)c(OC)c(F)c5)c4=O)CC3)cc1)=N[C@@H]1CCSC[C@H]21. The molecule has 4 aromatic carbocycles. The molecule has 0 bridgehead atoms. The number of thioether (sulfide) groups is 1. The number of benzene rings is 4. The summed E-state index contributed by atoms with van der Waals surface area (Å²) in [6.07, 6.45) is 1.58. The van der Waals surface area contributed by atoms with Gasteiger partial charge in [-0.3, -0.25) is 23.7 Å². The summed E-state index contributed by atoms with van der Waals surface area (Å²) in [6, 6.07) is 19.0. The number of piperidine rings is 1. The maximum absolute atomic E-state index is 14.9. The highest BCUT2D eigenvalue weighted by Crippen LogP contribution is 2.44. The van der Waals surface area contributed by atoms with E-state index in [2.05, 4.69) is 6.07 Å². The van der Waals surface area contributed by atoms with Crippen LogP contribution in [0.1, 0.15) is 70.8 Å². The predicted molar refractivity (Wildman–Crippen MR) is 243 cm³/mol. The van der Waals surface area contributed by atoms with E-state index in [1.54, 1.807) is 18.1 Å². The van der Waals surface area contributed by atoms with Gasteiger partial charge < -0.3 is 23.8 Å². The first kappa shape index (κ1) is 43.3. The summed E-state index contributed by atoms with van der Waals surface area (Å²) in [5.41, 5.74) is 4.12. The largest absolute Gasteiger partial charge is 0.496 e. The molecule has 16 heteroatoms. The van der Waals surface area contributed by atoms with Gasteiger partial charge in [-0.25, -0.2) is 18.0 Å². The molecule has 332 valence electrons. The van der Waals surface area contributed by atoms with Gasteiger partial charge in [0.15, 0.2) is 28.9 Å². The van der Waals surface area contributed by atoms with Crippen LogP contribution < -0.4 is 30.2 Å². The van der Waals surface area contributed by atoms with Crippen LogP contribution in [0.15, 0.2) is 87.4 Å². The Morgan fingerprint density at radius 3 is 2.25 bits per heavy atom. The number of aromatic nitrogens is 2. The second-order valence-electron chi connectivity index (χ2n) is 15.9. The first-order valence-corrected chi connectivity index (χ1v) is 23.0. The van der Waals surface area contributed by atoms with Crippen LogP contribution in [0, 0.1) is 17.5 Å². The van der Waals surface area contributed by atoms with Gasteiger partial charge in [0, 0.05) is 64.0 Å². The number of halogens is 3. The van der Waals surface area contributed by atoms with Crippen molar-refractivity contribution >= 4 is 44.9 Å². The molecule has 9 rings (SSSR count). The van der Waals surface area contributed by atoms with Crippen molar-refractivity contribution in [2.75, 3.05) is 52.5 Å². The van der Waals surface area contributed by atoms with Gasteiger partial charge in [0.25, 0.3) is 11.5 Å². The molecule has 3 aliphatic heterocycles. The van der Waals surface area contributed by atoms with Crippen LogP contribution in [0.2, 0.25) is 0 Å². The second kappa shape index (κ2) is 17.9. The van der Waals surface area contributed by atoms with Gasteiger partial charge in [0.05, 0.1) is 51.8 Å². The standard InChI is InChI=1S/C48H45F3N4O7S2/c1-5-62-41-21-32-33(22-40(41)60-3)43(52-37-14-17-63-25-34(32)37)27-6-8-28(9-7-27)46(56)53-15-12-30(13-16-53)55-47(57)45-38(23-42(64-45)31-11-10-29(49)20-39(31)59-2)54(48(55)58)24-26-18-35(50)44(61-4)36(51)19-26/h6-11,18-23,30,34,37H,5,12-17,24-25H2,1-4H3/t34-,37-/m1/s1. The lowest BCUT2D eigenvalue weighted by atomic mass is 9.81. The lowest BCUT2D eigenvalue weighted by Gasteiger charge is -2.35. The maximum atomic E-state index is 14.9. The van der Waals surface area contributed by atoms with Crippen LogP contribution in [-0.2, 0) is 6.54 Å². The van der Waals surface area contributed by atoms with E-state index in [9.17, 15) is 27.6 Å². The number of nitrogens with zero attached hydrogens (tertiary/aromatic N) is 4. The van der Waals surface area contributed by atoms with E-state index in [0.717, 1.165) is 65.3 Å². The van der Waals surface area contributed by atoms with Crippen molar-refractivity contribution in [1.29, 1.82) is 0 Å². The highest BCUT2D eigenvalue weighted by Gasteiger charge is 2.36. The third-order valence-electron chi connectivity index (χ3n) is 12.3. The molecule has 5 heterocycles. The van der Waals surface area contributed by atoms with Crippen LogP contribution >= 0.6 is 23.1 Å². The number of hydrogen-bond donors (Lipinski definition) is 0. The van der Waals surface area contributed by atoms with Crippen LogP contribution in [0.3, 0.4) is 0 Å². The Morgan fingerprint density at radius 1 is 0.828 bits per heavy atom. The summed E-state index contributed by atoms with van der Waals surface area (Å²) < 4.78 is 68.7. The fraction of sp³-hybridized carbons (Fsp3) is 0.333. The van der Waals surface area contributed by atoms with E-state index in [1.165, 1.54) is 40.0 Å². The normalized spacial score (nSPS) is 17.4. The molecule has 3 aliphatic rings. The van der Waals surface area contributed by atoms with Crippen LogP contribution in [0.5, 0.6) is 23.0 Å². The minimum absolute atomic E-state index is 0.135. The first-order chi connectivity index (χ1) is 31.0. The zero-order chi connectivity index (χ0) is 44.8. The molecule has 0 saturated carbocycles. The molecule has 64 heavy (non-hydrogen) atoms. The number of carbonyl (C=O) groups excluding carboxylic acids is 1. The zero-order valence-corrected chi connectivity index (χ0v) is 37.3. The van der Waals surface area contributed by atoms with Gasteiger partial charge >= 0.3 is 5.69 Å². The average molecular weight is 911 g/mol. The van der Waals surface area contributed by atoms with Crippen molar-refractivity contribution in [3.8, 4) is 33.4 Å². The molecule has 0 aliphatic carbocycles. The Morgan fingerprint density at radius 2 is 1.56 bits per heavy atom. The number of rotatable bonds is 11. The number of methoxy groups -OCH3 is 3. The smallest absolute Gasteiger partial charge is 0.332 e. The number of likely N-dealkylation sites (tertiary alicyclic amines) is 1. The molecular weight excluding hydrogens is 866 g/mol. The Labute approximate surface area is 375 Å². The summed E-state index contributed by atoms with van der Waals surface area (Å²) in [5, 5.41) is 0. The summed E-state index contributed by atoms with van der Waals surface area (Å²) in [6.45, 7) is 2.75. The second-order valence-corrected chi connectivity index (χ2v) is 18.1. The molecule has 0 spiro atoms. The lowest BCUT2D eigenvalue weighted by molar-refractivity contribution is 0.0691. The summed E-state index contributed by atoms with van der Waals surface area (Å²) in [4.78, 5) is 50.4. The number of hydrogen-bond acceptors (Lipinski definition) is 10. The zero-order valence-electron chi connectivity index (χ0n) is 35.6. The molecule has 2 aromatic heterocycles. The summed E-state index contributed by atoms with van der Waals surface area (Å²) in [7, 11) is 4.19. The van der Waals surface area contributed by atoms with Crippen molar-refractivity contribution in [2.24, 2.45) is 4.99 Å². The molecular formula is C48H45F3N4O7S2. The van der Waals surface area contributed by atoms with Crippen molar-refractivity contribution < 1.29 is 36.9 Å². The fourth-order valence-corrected chi connectivity index (χ4v) is 11.5. The van der Waals surface area contributed by atoms with Crippen LogP contribution in [0.25, 0.3) is 20.7 Å². The van der Waals surface area contributed by atoms with Crippen LogP contribution in [0.4, 0.5) is 13.2 Å². The number of amides is 1. The van der Waals surface area contributed by atoms with E-state index in [-0.39, 0.29) is 59.0 Å². The fourth-order valence-electron chi connectivity index (χ4n) is 9.16.